The number of aryl methyl sites for hydroxylation is 1. The molecule has 2 rings (SSSR count). The highest BCUT2D eigenvalue weighted by Crippen LogP contribution is 2.20. The lowest BCUT2D eigenvalue weighted by Crippen LogP contribution is -2.16. The van der Waals surface area contributed by atoms with Gasteiger partial charge in [0.25, 0.3) is 5.91 Å². The third-order valence-corrected chi connectivity index (χ3v) is 3.47. The van der Waals surface area contributed by atoms with Crippen molar-refractivity contribution in [2.24, 2.45) is 5.73 Å². The summed E-state index contributed by atoms with van der Waals surface area (Å²) in [7, 11) is 0. The maximum atomic E-state index is 12.0. The van der Waals surface area contributed by atoms with Gasteiger partial charge in [0, 0.05) is 10.5 Å². The molecule has 0 aromatic heterocycles. The molecule has 0 aliphatic heterocycles. The molecule has 0 aliphatic carbocycles. The van der Waals surface area contributed by atoms with E-state index in [1.807, 2.05) is 31.2 Å². The topological polar surface area (TPSA) is 72.2 Å². The highest BCUT2D eigenvalue weighted by atomic mass is 79.9. The van der Waals surface area contributed by atoms with Crippen LogP contribution in [0.25, 0.3) is 6.08 Å². The van der Waals surface area contributed by atoms with Gasteiger partial charge < -0.3 is 11.1 Å². The predicted octanol–water partition coefficient (Wildman–Crippen LogP) is 3.51. The summed E-state index contributed by atoms with van der Waals surface area (Å²) in [6.45, 7) is 1.98. The van der Waals surface area contributed by atoms with E-state index >= 15 is 0 Å². The third kappa shape index (κ3) is 4.30. The Labute approximate surface area is 137 Å². The molecule has 4 nitrogen and oxygen atoms in total. The Balaban J connectivity index is 2.14. The molecule has 0 fully saturated rings. The van der Waals surface area contributed by atoms with E-state index < -0.39 is 5.91 Å². The Kier molecular flexibility index (Phi) is 5.12. The summed E-state index contributed by atoms with van der Waals surface area (Å²) in [5, 5.41) is 2.66. The first-order chi connectivity index (χ1) is 10.5. The lowest BCUT2D eigenvalue weighted by atomic mass is 10.1. The summed E-state index contributed by atoms with van der Waals surface area (Å²) in [4.78, 5) is 23.4. The Morgan fingerprint density at radius 3 is 2.64 bits per heavy atom. The summed E-state index contributed by atoms with van der Waals surface area (Å²) >= 11 is 3.26. The lowest BCUT2D eigenvalue weighted by molar-refractivity contribution is -0.111. The molecule has 2 amide bonds. The first kappa shape index (κ1) is 16.0. The Morgan fingerprint density at radius 2 is 1.95 bits per heavy atom. The molecule has 0 saturated carbocycles. The van der Waals surface area contributed by atoms with E-state index in [0.29, 0.717) is 5.69 Å². The van der Waals surface area contributed by atoms with Crippen molar-refractivity contribution in [2.45, 2.75) is 6.92 Å². The molecule has 5 heteroatoms. The smallest absolute Gasteiger partial charge is 0.250 e. The standard InChI is InChI=1S/C17H15BrN2O2/c1-11-3-2-4-12(9-11)5-8-16(21)20-15-7-6-13(18)10-14(15)17(19)22/h2-10H,1H3,(H2,19,22)(H,20,21)/b8-5+. The number of benzene rings is 2. The van der Waals surface area contributed by atoms with E-state index in [4.69, 9.17) is 5.73 Å². The van der Waals surface area contributed by atoms with Crippen molar-refractivity contribution in [1.29, 1.82) is 0 Å². The van der Waals surface area contributed by atoms with Crippen molar-refractivity contribution < 1.29 is 9.59 Å². The van der Waals surface area contributed by atoms with Crippen LogP contribution in [0.3, 0.4) is 0 Å². The van der Waals surface area contributed by atoms with Crippen LogP contribution < -0.4 is 11.1 Å². The van der Waals surface area contributed by atoms with Crippen LogP contribution in [-0.4, -0.2) is 11.8 Å². The number of nitrogens with one attached hydrogen (secondary N) is 1. The second kappa shape index (κ2) is 7.04. The number of anilines is 1. The number of amides is 2. The van der Waals surface area contributed by atoms with Crippen LogP contribution in [-0.2, 0) is 4.79 Å². The first-order valence-corrected chi connectivity index (χ1v) is 7.40. The van der Waals surface area contributed by atoms with Crippen molar-refractivity contribution in [2.75, 3.05) is 5.32 Å². The number of carbonyl (C=O) groups excluding carboxylic acids is 2. The zero-order valence-corrected chi connectivity index (χ0v) is 13.6. The molecule has 112 valence electrons. The minimum atomic E-state index is -0.598. The van der Waals surface area contributed by atoms with Gasteiger partial charge in [0.15, 0.2) is 0 Å². The van der Waals surface area contributed by atoms with Crippen LogP contribution >= 0.6 is 15.9 Å². The number of carbonyl (C=O) groups is 2. The Bertz CT molecular complexity index is 754. The largest absolute Gasteiger partial charge is 0.366 e. The van der Waals surface area contributed by atoms with Gasteiger partial charge in [-0.15, -0.1) is 0 Å². The Morgan fingerprint density at radius 1 is 1.18 bits per heavy atom. The summed E-state index contributed by atoms with van der Waals surface area (Å²) in [6, 6.07) is 12.7. The molecule has 0 aliphatic rings. The van der Waals surface area contributed by atoms with E-state index in [9.17, 15) is 9.59 Å². The summed E-state index contributed by atoms with van der Waals surface area (Å²) in [6.07, 6.45) is 3.13. The number of hydrogen-bond acceptors (Lipinski definition) is 2. The number of nitrogens with two attached hydrogens (primary N) is 1. The van der Waals surface area contributed by atoms with Gasteiger partial charge in [0.05, 0.1) is 11.3 Å². The van der Waals surface area contributed by atoms with E-state index in [1.165, 1.54) is 6.08 Å². The Hall–Kier alpha value is -2.40. The minimum Gasteiger partial charge on any atom is -0.366 e. The van der Waals surface area contributed by atoms with Crippen LogP contribution in [0, 0.1) is 6.92 Å². The number of halogens is 1. The van der Waals surface area contributed by atoms with Gasteiger partial charge >= 0.3 is 0 Å². The highest BCUT2D eigenvalue weighted by molar-refractivity contribution is 9.10. The van der Waals surface area contributed by atoms with Gasteiger partial charge in [-0.05, 0) is 36.8 Å². The third-order valence-electron chi connectivity index (χ3n) is 2.97. The molecule has 2 aromatic rings. The maximum absolute atomic E-state index is 12.0. The van der Waals surface area contributed by atoms with E-state index in [2.05, 4.69) is 21.2 Å². The van der Waals surface area contributed by atoms with Crippen molar-refractivity contribution in [3.8, 4) is 0 Å². The fourth-order valence-electron chi connectivity index (χ4n) is 1.95. The fraction of sp³-hybridized carbons (Fsp3) is 0.0588. The van der Waals surface area contributed by atoms with Gasteiger partial charge in [0.2, 0.25) is 5.91 Å². The normalized spacial score (nSPS) is 10.6. The molecule has 0 heterocycles. The molecule has 0 saturated heterocycles. The van der Waals surface area contributed by atoms with Crippen molar-refractivity contribution in [3.05, 3.63) is 69.7 Å². The van der Waals surface area contributed by atoms with Crippen LogP contribution in [0.5, 0.6) is 0 Å². The van der Waals surface area contributed by atoms with E-state index in [1.54, 1.807) is 24.3 Å². The SMILES string of the molecule is Cc1cccc(/C=C/C(=O)Nc2ccc(Br)cc2C(N)=O)c1. The molecule has 0 spiro atoms. The molecule has 0 unspecified atom stereocenters. The van der Waals surface area contributed by atoms with Crippen LogP contribution in [0.2, 0.25) is 0 Å². The second-order valence-electron chi connectivity index (χ2n) is 4.79. The molecular weight excluding hydrogens is 344 g/mol. The van der Waals surface area contributed by atoms with Crippen LogP contribution in [0.4, 0.5) is 5.69 Å². The van der Waals surface area contributed by atoms with Gasteiger partial charge in [-0.25, -0.2) is 0 Å². The maximum Gasteiger partial charge on any atom is 0.250 e. The molecule has 0 bridgehead atoms. The summed E-state index contributed by atoms with van der Waals surface area (Å²) in [5.41, 5.74) is 8.00. The van der Waals surface area contributed by atoms with Gasteiger partial charge in [-0.2, -0.15) is 0 Å². The molecular formula is C17H15BrN2O2. The zero-order chi connectivity index (χ0) is 16.1. The lowest BCUT2D eigenvalue weighted by Gasteiger charge is -2.07. The molecule has 3 N–H and O–H groups in total. The number of rotatable bonds is 4. The zero-order valence-electron chi connectivity index (χ0n) is 12.0. The van der Waals surface area contributed by atoms with Crippen LogP contribution in [0.1, 0.15) is 21.5 Å². The van der Waals surface area contributed by atoms with Crippen molar-refractivity contribution in [3.63, 3.8) is 0 Å². The molecule has 0 radical (unpaired) electrons. The molecule has 22 heavy (non-hydrogen) atoms. The monoisotopic (exact) mass is 358 g/mol. The number of hydrogen-bond donors (Lipinski definition) is 2. The van der Waals surface area contributed by atoms with E-state index in [-0.39, 0.29) is 11.5 Å². The van der Waals surface area contributed by atoms with Gasteiger partial charge in [0.1, 0.15) is 0 Å². The average Bonchev–Trinajstić information content (AvgIpc) is 2.47. The summed E-state index contributed by atoms with van der Waals surface area (Å²) < 4.78 is 0.717. The minimum absolute atomic E-state index is 0.256. The first-order valence-electron chi connectivity index (χ1n) is 6.61. The van der Waals surface area contributed by atoms with Gasteiger partial charge in [-0.1, -0.05) is 45.8 Å². The second-order valence-corrected chi connectivity index (χ2v) is 5.71. The summed E-state index contributed by atoms with van der Waals surface area (Å²) in [5.74, 6) is -0.925. The molecule has 2 aromatic carbocycles. The van der Waals surface area contributed by atoms with Crippen LogP contribution in [0.15, 0.2) is 53.0 Å². The number of primary amides is 1. The van der Waals surface area contributed by atoms with Gasteiger partial charge in [-0.3, -0.25) is 9.59 Å². The predicted molar refractivity (Wildman–Crippen MR) is 91.5 cm³/mol. The van der Waals surface area contributed by atoms with Crippen molar-refractivity contribution >= 4 is 39.5 Å². The fourth-order valence-corrected chi connectivity index (χ4v) is 2.31. The highest BCUT2D eigenvalue weighted by Gasteiger charge is 2.10. The van der Waals surface area contributed by atoms with Crippen molar-refractivity contribution in [1.82, 2.24) is 0 Å². The van der Waals surface area contributed by atoms with E-state index in [0.717, 1.165) is 15.6 Å². The molecule has 0 atom stereocenters. The average molecular weight is 359 g/mol. The quantitative estimate of drug-likeness (QED) is 0.820.